The van der Waals surface area contributed by atoms with E-state index in [2.05, 4.69) is 22.4 Å². The Labute approximate surface area is 228 Å². The molecule has 2 heterocycles. The Balaban J connectivity index is 1.14. The van der Waals surface area contributed by atoms with Crippen molar-refractivity contribution < 1.29 is 19.7 Å². The Bertz CT molecular complexity index is 1450. The molecule has 0 radical (unpaired) electrons. The molecule has 2 spiro atoms. The topological polar surface area (TPSA) is 82.0 Å². The maximum atomic E-state index is 13.1. The number of likely N-dealkylation sites (tertiary alicyclic amines) is 1. The van der Waals surface area contributed by atoms with E-state index >= 15 is 0 Å². The van der Waals surface area contributed by atoms with Crippen molar-refractivity contribution in [2.45, 2.75) is 61.3 Å². The number of phenolic OH excluding ortho intramolecular Hbond substituents is 1. The first-order valence-corrected chi connectivity index (χ1v) is 14.3. The lowest BCUT2D eigenvalue weighted by Crippen LogP contribution is -2.81. The first kappa shape index (κ1) is 23.5. The number of ether oxygens (including phenoxy) is 1. The van der Waals surface area contributed by atoms with E-state index in [4.69, 9.17) is 4.74 Å². The Morgan fingerprint density at radius 1 is 1.13 bits per heavy atom. The van der Waals surface area contributed by atoms with Crippen LogP contribution < -0.4 is 10.1 Å². The molecule has 2 aliphatic heterocycles. The van der Waals surface area contributed by atoms with Crippen molar-refractivity contribution in [2.75, 3.05) is 13.1 Å². The SMILES string of the molecule is O=C(/C=C/C=C/c1ccccc1)N[C@H]1C[C@@]23C=CC1(O)[C@@H]1Oc4c(O)ccc5c4[C@@]12CCN(CC1CC1)[C@@H]3C5. The molecule has 2 saturated carbocycles. The lowest BCUT2D eigenvalue weighted by molar-refractivity contribution is -0.193. The van der Waals surface area contributed by atoms with Crippen molar-refractivity contribution in [2.24, 2.45) is 11.3 Å². The molecule has 7 aliphatic rings. The van der Waals surface area contributed by atoms with Gasteiger partial charge in [-0.15, -0.1) is 0 Å². The van der Waals surface area contributed by atoms with E-state index in [0.717, 1.165) is 43.0 Å². The number of aliphatic hydroxyl groups is 1. The molecule has 6 nitrogen and oxygen atoms in total. The van der Waals surface area contributed by atoms with Crippen molar-refractivity contribution in [3.63, 3.8) is 0 Å². The Hall–Kier alpha value is -3.35. The van der Waals surface area contributed by atoms with Gasteiger partial charge in [-0.25, -0.2) is 0 Å². The van der Waals surface area contributed by atoms with E-state index in [0.29, 0.717) is 12.2 Å². The van der Waals surface area contributed by atoms with E-state index in [1.165, 1.54) is 24.5 Å². The van der Waals surface area contributed by atoms with E-state index < -0.39 is 23.2 Å². The fourth-order valence-corrected chi connectivity index (χ4v) is 8.74. The van der Waals surface area contributed by atoms with Gasteiger partial charge in [0.15, 0.2) is 11.5 Å². The fraction of sp³-hybridized carbons (Fsp3) is 0.424. The van der Waals surface area contributed by atoms with Crippen LogP contribution in [-0.4, -0.2) is 57.9 Å². The zero-order valence-corrected chi connectivity index (χ0v) is 21.9. The molecule has 0 aromatic heterocycles. The zero-order chi connectivity index (χ0) is 26.4. The molecule has 1 amide bonds. The number of nitrogens with one attached hydrogen (secondary N) is 1. The molecule has 3 N–H and O–H groups in total. The van der Waals surface area contributed by atoms with Crippen LogP contribution in [0.5, 0.6) is 11.5 Å². The number of hydrogen-bond acceptors (Lipinski definition) is 5. The largest absolute Gasteiger partial charge is 0.504 e. The number of allylic oxidation sites excluding steroid dienone is 2. The molecule has 5 aliphatic carbocycles. The number of aromatic hydroxyl groups is 1. The molecule has 2 aromatic carbocycles. The minimum absolute atomic E-state index is 0.142. The first-order valence-electron chi connectivity index (χ1n) is 14.3. The number of carbonyl (C=O) groups excluding carboxylic acids is 1. The highest BCUT2D eigenvalue weighted by Crippen LogP contribution is 2.73. The van der Waals surface area contributed by atoms with Crippen LogP contribution in [0.15, 0.2) is 72.8 Å². The summed E-state index contributed by atoms with van der Waals surface area (Å²) in [5.74, 6) is 1.23. The predicted octanol–water partition coefficient (Wildman–Crippen LogP) is 3.88. The molecule has 1 saturated heterocycles. The second kappa shape index (κ2) is 8.09. The average Bonchev–Trinajstić information content (AvgIpc) is 3.68. The van der Waals surface area contributed by atoms with Crippen LogP contribution in [0.25, 0.3) is 6.08 Å². The van der Waals surface area contributed by atoms with Gasteiger partial charge in [-0.1, -0.05) is 66.8 Å². The average molecular weight is 523 g/mol. The molecular weight excluding hydrogens is 488 g/mol. The standard InChI is InChI=1S/C33H34N2O4/c36-24-13-12-23-18-26-31-14-15-33(38,25(19-31)34-27(37)9-5-4-8-21-6-2-1-3-7-21)30-32(31,28(23)29(24)39-30)16-17-35(26)20-22-10-11-22/h1-9,12-15,22,25-26,30,36,38H,10-11,16-20H2,(H,34,37)/b8-4+,9-5+/t25-,26+,30+,31+,32-,33?/m0/s1. The summed E-state index contributed by atoms with van der Waals surface area (Å²) in [4.78, 5) is 15.8. The molecule has 3 fully saturated rings. The predicted molar refractivity (Wildman–Crippen MR) is 148 cm³/mol. The van der Waals surface area contributed by atoms with Crippen LogP contribution in [0, 0.1) is 11.3 Å². The highest BCUT2D eigenvalue weighted by Gasteiger charge is 2.79. The third-order valence-electron chi connectivity index (χ3n) is 10.5. The zero-order valence-electron chi connectivity index (χ0n) is 21.9. The number of benzene rings is 2. The van der Waals surface area contributed by atoms with Gasteiger partial charge in [0.2, 0.25) is 5.91 Å². The highest BCUT2D eigenvalue weighted by atomic mass is 16.5. The highest BCUT2D eigenvalue weighted by molar-refractivity contribution is 5.88. The number of piperidine rings is 1. The summed E-state index contributed by atoms with van der Waals surface area (Å²) >= 11 is 0. The molecule has 1 unspecified atom stereocenters. The van der Waals surface area contributed by atoms with Gasteiger partial charge in [0.25, 0.3) is 0 Å². The number of fused-ring (bicyclic) bond motifs is 1. The van der Waals surface area contributed by atoms with Crippen LogP contribution in [-0.2, 0) is 16.6 Å². The van der Waals surface area contributed by atoms with Crippen LogP contribution in [0.3, 0.4) is 0 Å². The van der Waals surface area contributed by atoms with Crippen molar-refractivity contribution in [3.05, 3.63) is 89.5 Å². The smallest absolute Gasteiger partial charge is 0.244 e. The van der Waals surface area contributed by atoms with Gasteiger partial charge in [-0.2, -0.15) is 0 Å². The molecule has 6 atom stereocenters. The van der Waals surface area contributed by atoms with Crippen LogP contribution in [0.2, 0.25) is 0 Å². The van der Waals surface area contributed by atoms with Crippen molar-refractivity contribution in [3.8, 4) is 11.5 Å². The fourth-order valence-electron chi connectivity index (χ4n) is 8.74. The second-order valence-corrected chi connectivity index (χ2v) is 12.5. The van der Waals surface area contributed by atoms with Crippen molar-refractivity contribution >= 4 is 12.0 Å². The number of amides is 1. The molecule has 2 aromatic rings. The minimum atomic E-state index is -1.37. The summed E-state index contributed by atoms with van der Waals surface area (Å²) in [5.41, 5.74) is 1.35. The summed E-state index contributed by atoms with van der Waals surface area (Å²) in [7, 11) is 0. The first-order chi connectivity index (χ1) is 18.9. The Morgan fingerprint density at radius 2 is 1.97 bits per heavy atom. The van der Waals surface area contributed by atoms with Gasteiger partial charge in [-0.3, -0.25) is 9.69 Å². The number of hydrogen-bond donors (Lipinski definition) is 3. The summed E-state index contributed by atoms with van der Waals surface area (Å²) < 4.78 is 6.58. The van der Waals surface area contributed by atoms with Gasteiger partial charge < -0.3 is 20.3 Å². The summed E-state index contributed by atoms with van der Waals surface area (Å²) in [6, 6.07) is 13.5. The third kappa shape index (κ3) is 3.13. The molecule has 39 heavy (non-hydrogen) atoms. The molecule has 4 bridgehead atoms. The monoisotopic (exact) mass is 522 g/mol. The van der Waals surface area contributed by atoms with E-state index in [1.54, 1.807) is 12.1 Å². The van der Waals surface area contributed by atoms with Gasteiger partial charge >= 0.3 is 0 Å². The quantitative estimate of drug-likeness (QED) is 0.305. The molecule has 200 valence electrons. The van der Waals surface area contributed by atoms with Gasteiger partial charge in [0.1, 0.15) is 11.7 Å². The lowest BCUT2D eigenvalue weighted by atomic mass is 9.38. The summed E-state index contributed by atoms with van der Waals surface area (Å²) in [6.07, 6.45) is 15.7. The molecule has 6 heteroatoms. The maximum absolute atomic E-state index is 13.1. The maximum Gasteiger partial charge on any atom is 0.244 e. The van der Waals surface area contributed by atoms with Gasteiger partial charge in [0.05, 0.1) is 11.5 Å². The lowest BCUT2D eigenvalue weighted by Gasteiger charge is -2.70. The third-order valence-corrected chi connectivity index (χ3v) is 10.5. The Morgan fingerprint density at radius 3 is 2.79 bits per heavy atom. The summed E-state index contributed by atoms with van der Waals surface area (Å²) in [5, 5.41) is 26.3. The molecule has 9 rings (SSSR count). The van der Waals surface area contributed by atoms with E-state index in [1.807, 2.05) is 48.6 Å². The van der Waals surface area contributed by atoms with Crippen molar-refractivity contribution in [1.82, 2.24) is 10.2 Å². The minimum Gasteiger partial charge on any atom is -0.504 e. The van der Waals surface area contributed by atoms with Crippen LogP contribution >= 0.6 is 0 Å². The number of rotatable bonds is 6. The van der Waals surface area contributed by atoms with Crippen LogP contribution in [0.1, 0.15) is 42.4 Å². The van der Waals surface area contributed by atoms with E-state index in [9.17, 15) is 15.0 Å². The Kier molecular flexibility index (Phi) is 4.88. The van der Waals surface area contributed by atoms with Gasteiger partial charge in [-0.05, 0) is 61.8 Å². The number of phenols is 1. The van der Waals surface area contributed by atoms with Crippen LogP contribution in [0.4, 0.5) is 0 Å². The number of nitrogens with zero attached hydrogens (tertiary/aromatic N) is 1. The van der Waals surface area contributed by atoms with Gasteiger partial charge in [0, 0.05) is 29.6 Å². The second-order valence-electron chi connectivity index (χ2n) is 12.5. The normalized spacial score (nSPS) is 37.3. The summed E-state index contributed by atoms with van der Waals surface area (Å²) in [6.45, 7) is 2.08. The number of carbonyl (C=O) groups is 1. The van der Waals surface area contributed by atoms with Crippen molar-refractivity contribution in [1.29, 1.82) is 0 Å². The van der Waals surface area contributed by atoms with E-state index in [-0.39, 0.29) is 23.1 Å². The molecular formula is C33H34N2O4.